The zero-order valence-electron chi connectivity index (χ0n) is 6.13. The molecule has 0 atom stereocenters. The molecule has 0 aliphatic carbocycles. The van der Waals surface area contributed by atoms with Crippen molar-refractivity contribution >= 4 is 16.7 Å². The van der Waals surface area contributed by atoms with Gasteiger partial charge in [-0.2, -0.15) is 5.10 Å². The molecule has 0 radical (unpaired) electrons. The number of nitrogens with one attached hydrogen (secondary N) is 2. The summed E-state index contributed by atoms with van der Waals surface area (Å²) in [4.78, 5) is 3.99. The van der Waals surface area contributed by atoms with Crippen LogP contribution in [0.5, 0.6) is 0 Å². The Morgan fingerprint density at radius 2 is 2.45 bits per heavy atom. The molecule has 2 heterocycles. The largest absolute Gasteiger partial charge is 0.371 e. The minimum Gasteiger partial charge on any atom is -0.371 e. The van der Waals surface area contributed by atoms with Crippen molar-refractivity contribution in [3.8, 4) is 0 Å². The third-order valence-electron chi connectivity index (χ3n) is 1.60. The highest BCUT2D eigenvalue weighted by molar-refractivity contribution is 5.88. The summed E-state index contributed by atoms with van der Waals surface area (Å²) in [5.74, 6) is 0.841. The Morgan fingerprint density at radius 1 is 1.55 bits per heavy atom. The predicted molar refractivity (Wildman–Crippen MR) is 43.4 cm³/mol. The lowest BCUT2D eigenvalue weighted by Gasteiger charge is -1.90. The molecule has 4 nitrogen and oxygen atoms in total. The molecule has 2 N–H and O–H groups in total. The van der Waals surface area contributed by atoms with Crippen LogP contribution in [-0.2, 0) is 0 Å². The standard InChI is InChI=1S/C7H8N4/c1-8-7-5-4-9-3-2-6(5)10-11-7/h2-4H,1H3,(H2,8,10,11). The lowest BCUT2D eigenvalue weighted by molar-refractivity contribution is 1.11. The first-order chi connectivity index (χ1) is 5.42. The Bertz CT molecular complexity index is 365. The molecule has 2 rings (SSSR count). The SMILES string of the molecule is CNc1n[nH]c2ccncc12. The molecule has 0 unspecified atom stereocenters. The normalized spacial score (nSPS) is 10.3. The van der Waals surface area contributed by atoms with Crippen LogP contribution < -0.4 is 5.32 Å². The summed E-state index contributed by atoms with van der Waals surface area (Å²) >= 11 is 0. The van der Waals surface area contributed by atoms with E-state index in [4.69, 9.17) is 0 Å². The number of fused-ring (bicyclic) bond motifs is 1. The van der Waals surface area contributed by atoms with Gasteiger partial charge in [0.1, 0.15) is 0 Å². The first-order valence-corrected chi connectivity index (χ1v) is 3.37. The van der Waals surface area contributed by atoms with Gasteiger partial charge in [-0.3, -0.25) is 10.1 Å². The average Bonchev–Trinajstić information content (AvgIpc) is 2.47. The monoisotopic (exact) mass is 148 g/mol. The van der Waals surface area contributed by atoms with Crippen molar-refractivity contribution in [2.24, 2.45) is 0 Å². The van der Waals surface area contributed by atoms with Crippen molar-refractivity contribution in [3.63, 3.8) is 0 Å². The van der Waals surface area contributed by atoms with Crippen molar-refractivity contribution < 1.29 is 0 Å². The molecule has 0 saturated heterocycles. The lowest BCUT2D eigenvalue weighted by atomic mass is 10.3. The summed E-state index contributed by atoms with van der Waals surface area (Å²) in [6.45, 7) is 0. The van der Waals surface area contributed by atoms with Gasteiger partial charge in [-0.05, 0) is 6.07 Å². The van der Waals surface area contributed by atoms with E-state index in [2.05, 4.69) is 20.5 Å². The molecule has 0 saturated carbocycles. The van der Waals surface area contributed by atoms with Crippen LogP contribution >= 0.6 is 0 Å². The van der Waals surface area contributed by atoms with Crippen molar-refractivity contribution in [1.29, 1.82) is 0 Å². The third kappa shape index (κ3) is 0.832. The van der Waals surface area contributed by atoms with Crippen LogP contribution in [-0.4, -0.2) is 22.2 Å². The summed E-state index contributed by atoms with van der Waals surface area (Å²) in [5, 5.41) is 10.9. The van der Waals surface area contributed by atoms with Crippen molar-refractivity contribution in [2.45, 2.75) is 0 Å². The molecular formula is C7H8N4. The fourth-order valence-electron chi connectivity index (χ4n) is 1.05. The molecule has 0 amide bonds. The molecule has 0 aliphatic heterocycles. The summed E-state index contributed by atoms with van der Waals surface area (Å²) in [7, 11) is 1.84. The van der Waals surface area contributed by atoms with E-state index in [0.717, 1.165) is 16.7 Å². The number of H-pyrrole nitrogens is 1. The average molecular weight is 148 g/mol. The van der Waals surface area contributed by atoms with Gasteiger partial charge >= 0.3 is 0 Å². The number of pyridine rings is 1. The molecule has 0 bridgehead atoms. The molecular weight excluding hydrogens is 140 g/mol. The predicted octanol–water partition coefficient (Wildman–Crippen LogP) is 1.000. The molecule has 2 aromatic heterocycles. The van der Waals surface area contributed by atoms with Crippen LogP contribution in [0.1, 0.15) is 0 Å². The first-order valence-electron chi connectivity index (χ1n) is 3.37. The second kappa shape index (κ2) is 2.23. The summed E-state index contributed by atoms with van der Waals surface area (Å²) in [6, 6.07) is 1.89. The van der Waals surface area contributed by atoms with E-state index in [9.17, 15) is 0 Å². The van der Waals surface area contributed by atoms with E-state index >= 15 is 0 Å². The van der Waals surface area contributed by atoms with Crippen LogP contribution in [0.15, 0.2) is 18.5 Å². The number of hydrogen-bond donors (Lipinski definition) is 2. The van der Waals surface area contributed by atoms with Gasteiger partial charge in [-0.15, -0.1) is 0 Å². The Balaban J connectivity index is 2.76. The molecule has 0 spiro atoms. The number of nitrogens with zero attached hydrogens (tertiary/aromatic N) is 2. The van der Waals surface area contributed by atoms with E-state index in [1.54, 1.807) is 12.4 Å². The van der Waals surface area contributed by atoms with Crippen LogP contribution in [0.2, 0.25) is 0 Å². The third-order valence-corrected chi connectivity index (χ3v) is 1.60. The van der Waals surface area contributed by atoms with Crippen molar-refractivity contribution in [1.82, 2.24) is 15.2 Å². The van der Waals surface area contributed by atoms with E-state index in [0.29, 0.717) is 0 Å². The molecule has 11 heavy (non-hydrogen) atoms. The number of anilines is 1. The highest BCUT2D eigenvalue weighted by atomic mass is 15.2. The van der Waals surface area contributed by atoms with Crippen LogP contribution in [0, 0.1) is 0 Å². The Hall–Kier alpha value is -1.58. The lowest BCUT2D eigenvalue weighted by Crippen LogP contribution is -1.87. The molecule has 0 fully saturated rings. The van der Waals surface area contributed by atoms with Gasteiger partial charge in [-0.1, -0.05) is 0 Å². The quantitative estimate of drug-likeness (QED) is 0.634. The van der Waals surface area contributed by atoms with Gasteiger partial charge < -0.3 is 5.32 Å². The topological polar surface area (TPSA) is 53.6 Å². The smallest absolute Gasteiger partial charge is 0.157 e. The minimum atomic E-state index is 0.841. The maximum atomic E-state index is 4.04. The zero-order valence-corrected chi connectivity index (χ0v) is 6.13. The van der Waals surface area contributed by atoms with Crippen LogP contribution in [0.4, 0.5) is 5.82 Å². The van der Waals surface area contributed by atoms with Gasteiger partial charge in [0, 0.05) is 19.4 Å². The summed E-state index contributed by atoms with van der Waals surface area (Å²) in [6.07, 6.45) is 3.52. The van der Waals surface area contributed by atoms with Gasteiger partial charge in [0.25, 0.3) is 0 Å². The maximum absolute atomic E-state index is 4.04. The second-order valence-corrected chi connectivity index (χ2v) is 2.24. The summed E-state index contributed by atoms with van der Waals surface area (Å²) < 4.78 is 0. The highest BCUT2D eigenvalue weighted by Crippen LogP contribution is 2.16. The second-order valence-electron chi connectivity index (χ2n) is 2.24. The van der Waals surface area contributed by atoms with Crippen LogP contribution in [0.25, 0.3) is 10.9 Å². The number of rotatable bonds is 1. The van der Waals surface area contributed by atoms with Gasteiger partial charge in [-0.25, -0.2) is 0 Å². The molecule has 2 aromatic rings. The molecule has 4 heteroatoms. The first kappa shape index (κ1) is 6.15. The van der Waals surface area contributed by atoms with Gasteiger partial charge in [0.15, 0.2) is 5.82 Å². The fourth-order valence-corrected chi connectivity index (χ4v) is 1.05. The van der Waals surface area contributed by atoms with Crippen molar-refractivity contribution in [2.75, 3.05) is 12.4 Å². The van der Waals surface area contributed by atoms with E-state index in [-0.39, 0.29) is 0 Å². The minimum absolute atomic E-state index is 0.841. The number of aromatic amines is 1. The molecule has 0 aromatic carbocycles. The van der Waals surface area contributed by atoms with Crippen LogP contribution in [0.3, 0.4) is 0 Å². The van der Waals surface area contributed by atoms with Crippen molar-refractivity contribution in [3.05, 3.63) is 18.5 Å². The zero-order chi connectivity index (χ0) is 7.68. The molecule has 0 aliphatic rings. The Labute approximate surface area is 63.6 Å². The van der Waals surface area contributed by atoms with E-state index in [1.807, 2.05) is 13.1 Å². The highest BCUT2D eigenvalue weighted by Gasteiger charge is 2.00. The number of hydrogen-bond acceptors (Lipinski definition) is 3. The molecule has 56 valence electrons. The van der Waals surface area contributed by atoms with E-state index in [1.165, 1.54) is 0 Å². The maximum Gasteiger partial charge on any atom is 0.157 e. The fraction of sp³-hybridized carbons (Fsp3) is 0.143. The van der Waals surface area contributed by atoms with E-state index < -0.39 is 0 Å². The van der Waals surface area contributed by atoms with Gasteiger partial charge in [0.05, 0.1) is 10.9 Å². The number of aromatic nitrogens is 3. The summed E-state index contributed by atoms with van der Waals surface area (Å²) in [5.41, 5.74) is 1.00. The van der Waals surface area contributed by atoms with Gasteiger partial charge in [0.2, 0.25) is 0 Å². The Kier molecular flexibility index (Phi) is 1.25. The Morgan fingerprint density at radius 3 is 3.27 bits per heavy atom.